The number of nitrogens with one attached hydrogen (secondary N) is 1. The highest BCUT2D eigenvalue weighted by atomic mass is 19.1. The molecule has 4 heterocycles. The maximum atomic E-state index is 15.3. The summed E-state index contributed by atoms with van der Waals surface area (Å²) in [5.74, 6) is -1.04. The first-order valence-corrected chi connectivity index (χ1v) is 18.3. The summed E-state index contributed by atoms with van der Waals surface area (Å²) in [6, 6.07) is 17.4. The minimum absolute atomic E-state index is 0. The number of carbonyl (C=O) groups excluding carboxylic acids is 1. The molecule has 2 fully saturated rings. The van der Waals surface area contributed by atoms with E-state index in [1.165, 1.54) is 18.5 Å². The molecule has 2 aliphatic rings. The number of rotatable bonds is 6. The molecule has 0 saturated carbocycles. The molecule has 296 valence electrons. The molecular weight excluding hydrogens is 715 g/mol. The number of piperidine rings is 2. The van der Waals surface area contributed by atoms with E-state index in [2.05, 4.69) is 15.3 Å². The van der Waals surface area contributed by atoms with Gasteiger partial charge in [0.15, 0.2) is 11.3 Å². The van der Waals surface area contributed by atoms with E-state index in [1.807, 2.05) is 45.0 Å². The molecule has 2 aromatic carbocycles. The number of pyridine rings is 2. The van der Waals surface area contributed by atoms with Gasteiger partial charge in [-0.3, -0.25) is 14.8 Å². The summed E-state index contributed by atoms with van der Waals surface area (Å²) >= 11 is 0. The van der Waals surface area contributed by atoms with Gasteiger partial charge in [0.05, 0.1) is 28.1 Å². The van der Waals surface area contributed by atoms with Crippen molar-refractivity contribution in [3.8, 4) is 12.1 Å². The van der Waals surface area contributed by atoms with Crippen molar-refractivity contribution in [1.82, 2.24) is 20.2 Å². The molecule has 4 aromatic rings. The number of nitrogens with two attached hydrogens (primary N) is 2. The summed E-state index contributed by atoms with van der Waals surface area (Å²) in [4.78, 5) is 33.4. The van der Waals surface area contributed by atoms with Gasteiger partial charge in [-0.2, -0.15) is 10.5 Å². The van der Waals surface area contributed by atoms with Crippen LogP contribution in [0.5, 0.6) is 0 Å². The van der Waals surface area contributed by atoms with Crippen LogP contribution in [0.15, 0.2) is 60.9 Å². The first kappa shape index (κ1) is 44.5. The zero-order valence-corrected chi connectivity index (χ0v) is 31.8. The third-order valence-corrected chi connectivity index (χ3v) is 10.1. The van der Waals surface area contributed by atoms with Crippen molar-refractivity contribution in [2.24, 2.45) is 0 Å². The number of nitrogen functional groups attached to an aromatic ring is 2. The van der Waals surface area contributed by atoms with Crippen LogP contribution in [-0.4, -0.2) is 58.0 Å². The van der Waals surface area contributed by atoms with E-state index < -0.39 is 17.3 Å². The number of hydrogen-bond acceptors (Lipinski definition) is 9. The molecule has 6 N–H and O–H groups in total. The molecule has 0 radical (unpaired) electrons. The van der Waals surface area contributed by atoms with Crippen LogP contribution < -0.4 is 16.8 Å². The first-order chi connectivity index (χ1) is 26.2. The Morgan fingerprint density at radius 3 is 1.61 bits per heavy atom. The third-order valence-electron chi connectivity index (χ3n) is 10.1. The molecule has 0 unspecified atom stereocenters. The molecule has 2 aromatic heterocycles. The van der Waals surface area contributed by atoms with E-state index in [9.17, 15) is 14.0 Å². The average Bonchev–Trinajstić information content (AvgIpc) is 3.20. The average molecular weight is 767 g/mol. The summed E-state index contributed by atoms with van der Waals surface area (Å²) in [5.41, 5.74) is 16.2. The van der Waals surface area contributed by atoms with E-state index in [4.69, 9.17) is 27.1 Å². The predicted molar refractivity (Wildman–Crippen MR) is 214 cm³/mol. The van der Waals surface area contributed by atoms with Crippen LogP contribution >= 0.6 is 0 Å². The van der Waals surface area contributed by atoms with Gasteiger partial charge in [-0.1, -0.05) is 33.4 Å². The number of nitriles is 2. The van der Waals surface area contributed by atoms with Gasteiger partial charge in [0.2, 0.25) is 0 Å². The minimum atomic E-state index is -1.58. The van der Waals surface area contributed by atoms with Crippen molar-refractivity contribution in [3.63, 3.8) is 0 Å². The van der Waals surface area contributed by atoms with Gasteiger partial charge in [0.1, 0.15) is 12.1 Å². The van der Waals surface area contributed by atoms with Crippen LogP contribution in [0.4, 0.5) is 20.2 Å². The summed E-state index contributed by atoms with van der Waals surface area (Å²) in [7, 11) is 0. The van der Waals surface area contributed by atoms with Gasteiger partial charge >= 0.3 is 5.97 Å². The van der Waals surface area contributed by atoms with Crippen molar-refractivity contribution in [1.29, 1.82) is 10.5 Å². The molecule has 0 spiro atoms. The lowest BCUT2D eigenvalue weighted by Crippen LogP contribution is -2.43. The molecule has 6 rings (SSSR count). The molecule has 11 nitrogen and oxygen atoms in total. The number of alkyl halides is 2. The normalized spacial score (nSPS) is 15.2. The minimum Gasteiger partial charge on any atom is -0.478 e. The molecule has 13 heteroatoms. The van der Waals surface area contributed by atoms with E-state index in [-0.39, 0.29) is 31.7 Å². The maximum absolute atomic E-state index is 15.3. The Bertz CT molecular complexity index is 2060. The second-order valence-electron chi connectivity index (χ2n) is 13.8. The van der Waals surface area contributed by atoms with Gasteiger partial charge in [-0.25, -0.2) is 13.6 Å². The zero-order valence-electron chi connectivity index (χ0n) is 31.8. The number of hydrogen-bond donors (Lipinski definition) is 4. The number of nitrogens with zero attached hydrogens (tertiary/aromatic N) is 5. The van der Waals surface area contributed by atoms with Gasteiger partial charge in [-0.05, 0) is 111 Å². The van der Waals surface area contributed by atoms with Crippen molar-refractivity contribution in [2.75, 3.05) is 37.6 Å². The van der Waals surface area contributed by atoms with Gasteiger partial charge in [0.25, 0.3) is 5.91 Å². The van der Waals surface area contributed by atoms with E-state index in [0.29, 0.717) is 78.5 Å². The lowest BCUT2D eigenvalue weighted by atomic mass is 9.89. The van der Waals surface area contributed by atoms with Crippen LogP contribution in [0.2, 0.25) is 0 Å². The van der Waals surface area contributed by atoms with E-state index in [0.717, 1.165) is 35.1 Å². The smallest absolute Gasteiger partial charge is 0.336 e. The molecule has 0 atom stereocenters. The molecular formula is C43H52F2N8O3. The second-order valence-corrected chi connectivity index (χ2v) is 13.8. The molecule has 1 amide bonds. The number of carboxylic acids is 1. The van der Waals surface area contributed by atoms with Crippen LogP contribution in [0, 0.1) is 36.5 Å². The van der Waals surface area contributed by atoms with E-state index >= 15 is 4.39 Å². The molecule has 0 bridgehead atoms. The summed E-state index contributed by atoms with van der Waals surface area (Å²) in [5, 5.41) is 29.4. The number of likely N-dealkylation sites (tertiary alicyclic amines) is 1. The lowest BCUT2D eigenvalue weighted by molar-refractivity contribution is 0.0402. The number of carboxylic acid groups (broad SMARTS) is 1. The fourth-order valence-corrected chi connectivity index (χ4v) is 6.66. The van der Waals surface area contributed by atoms with Crippen LogP contribution in [0.1, 0.15) is 112 Å². The fourth-order valence-electron chi connectivity index (χ4n) is 6.66. The summed E-state index contributed by atoms with van der Waals surface area (Å²) in [6.45, 7) is 9.67. The number of benzene rings is 2. The molecule has 0 aliphatic carbocycles. The lowest BCUT2D eigenvalue weighted by Gasteiger charge is -2.36. The largest absolute Gasteiger partial charge is 0.478 e. The number of aromatic carboxylic acids is 1. The highest BCUT2D eigenvalue weighted by Crippen LogP contribution is 2.37. The third kappa shape index (κ3) is 10.6. The second kappa shape index (κ2) is 19.6. The molecule has 2 saturated heterocycles. The number of aromatic nitrogens is 2. The highest BCUT2D eigenvalue weighted by Gasteiger charge is 2.39. The number of amides is 1. The number of aryl methyl sites for hydroxylation is 4. The van der Waals surface area contributed by atoms with Crippen molar-refractivity contribution >= 4 is 23.3 Å². The van der Waals surface area contributed by atoms with Crippen molar-refractivity contribution in [3.05, 3.63) is 117 Å². The Morgan fingerprint density at radius 1 is 0.786 bits per heavy atom. The standard InChI is InChI=1S/C21H23FN4O.C11H12FN3.C10H13NO2.CH4/c1-3-16-10-14(2)17(11-18(16)24)20(27)26-8-6-21(22,7-9-26)19-5-4-15(12-23)13-25-19;12-11(3-5-14-6-4-11)10-2-1-9(7-13)8-15-10;1-3-7-4-6(2)8(10(12)13)5-9(7)11;/h4-5,10-11,13H,3,6-9,24H2,1-2H3;1-2,8,14H,3-6H2;4-5H,3,11H2,1-2H3,(H,12,13);1H4. The van der Waals surface area contributed by atoms with Crippen LogP contribution in [0.25, 0.3) is 0 Å². The molecule has 2 aliphatic heterocycles. The molecule has 56 heavy (non-hydrogen) atoms. The Kier molecular flexibility index (Phi) is 15.6. The number of carbonyl (C=O) groups is 2. The van der Waals surface area contributed by atoms with Crippen LogP contribution in [0.3, 0.4) is 0 Å². The number of halogens is 2. The maximum Gasteiger partial charge on any atom is 0.336 e. The fraction of sp³-hybridized carbons (Fsp3) is 0.395. The Morgan fingerprint density at radius 2 is 1.21 bits per heavy atom. The van der Waals surface area contributed by atoms with Gasteiger partial charge in [-0.15, -0.1) is 0 Å². The summed E-state index contributed by atoms with van der Waals surface area (Å²) < 4.78 is 29.7. The summed E-state index contributed by atoms with van der Waals surface area (Å²) in [6.07, 6.45) is 5.71. The number of anilines is 2. The quantitative estimate of drug-likeness (QED) is 0.143. The van der Waals surface area contributed by atoms with Gasteiger partial charge < -0.3 is 26.8 Å². The Balaban J connectivity index is 0.000000245. The Hall–Kier alpha value is -5.92. The van der Waals surface area contributed by atoms with Crippen molar-refractivity contribution < 1.29 is 23.5 Å². The monoisotopic (exact) mass is 766 g/mol. The predicted octanol–water partition coefficient (Wildman–Crippen LogP) is 7.48. The Labute approximate surface area is 328 Å². The van der Waals surface area contributed by atoms with E-state index in [1.54, 1.807) is 42.2 Å². The topological polar surface area (TPSA) is 195 Å². The first-order valence-electron chi connectivity index (χ1n) is 18.3. The highest BCUT2D eigenvalue weighted by molar-refractivity contribution is 5.97. The van der Waals surface area contributed by atoms with Crippen molar-refractivity contribution in [2.45, 2.75) is 85.0 Å². The van der Waals surface area contributed by atoms with Crippen LogP contribution in [-0.2, 0) is 24.2 Å². The van der Waals surface area contributed by atoms with Gasteiger partial charge in [0, 0.05) is 55.3 Å². The SMILES string of the molecule is C.CCc1cc(C)c(C(=O)N2CCC(F)(c3ccc(C#N)cn3)CC2)cc1N.CCc1cc(C)c(C(=O)O)cc1N.N#Cc1ccc(C2(F)CCNCC2)nc1. The zero-order chi connectivity index (χ0) is 40.3.